The molecule has 0 atom stereocenters. The molecule has 0 aliphatic heterocycles. The van der Waals surface area contributed by atoms with E-state index < -0.39 is 0 Å². The van der Waals surface area contributed by atoms with Gasteiger partial charge in [-0.05, 0) is 36.4 Å². The summed E-state index contributed by atoms with van der Waals surface area (Å²) in [7, 11) is 0. The van der Waals surface area contributed by atoms with Gasteiger partial charge in [-0.25, -0.2) is 9.98 Å². The summed E-state index contributed by atoms with van der Waals surface area (Å²) in [6.07, 6.45) is 0. The lowest BCUT2D eigenvalue weighted by atomic mass is 10.2. The topological polar surface area (TPSA) is 38.4 Å². The van der Waals surface area contributed by atoms with Gasteiger partial charge in [-0.2, -0.15) is 0 Å². The van der Waals surface area contributed by atoms with Crippen molar-refractivity contribution >= 4 is 16.6 Å². The van der Waals surface area contributed by atoms with E-state index in [2.05, 4.69) is 9.98 Å². The summed E-state index contributed by atoms with van der Waals surface area (Å²) < 4.78 is 6.00. The quantitative estimate of drug-likeness (QED) is 0.536. The molecule has 0 aliphatic rings. The predicted molar refractivity (Wildman–Crippen MR) is 91.1 cm³/mol. The number of nitrogens with zero attached hydrogens (tertiary/aromatic N) is 2. The number of hydrogen-bond donors (Lipinski definition) is 0. The molecule has 1 heterocycles. The molecule has 0 bridgehead atoms. The summed E-state index contributed by atoms with van der Waals surface area (Å²) in [6.45, 7) is 0. The molecule has 23 heavy (non-hydrogen) atoms. The highest BCUT2D eigenvalue weighted by Crippen LogP contribution is 2.19. The number of hydrogen-bond acceptors (Lipinski definition) is 3. The summed E-state index contributed by atoms with van der Waals surface area (Å²) in [4.78, 5) is 9.27. The Kier molecular flexibility index (Phi) is 3.45. The molecule has 3 aromatic carbocycles. The molecule has 0 fully saturated rings. The fourth-order valence-electron chi connectivity index (χ4n) is 2.44. The summed E-state index contributed by atoms with van der Waals surface area (Å²) in [5.41, 5.74) is 3.22. The predicted octanol–water partition coefficient (Wildman–Crippen LogP) is 4.73. The third kappa shape index (κ3) is 2.77. The highest BCUT2D eigenvalue weighted by molar-refractivity contribution is 5.78. The van der Waals surface area contributed by atoms with Gasteiger partial charge >= 0.3 is 0 Å². The lowest BCUT2D eigenvalue weighted by molar-refractivity contribution is 0.505. The highest BCUT2D eigenvalue weighted by Gasteiger charge is 2.06. The fourth-order valence-corrected chi connectivity index (χ4v) is 2.44. The zero-order valence-corrected chi connectivity index (χ0v) is 12.4. The number of fused-ring (bicyclic) bond motifs is 1. The lowest BCUT2D eigenvalue weighted by Crippen LogP contribution is -2.05. The first-order valence-electron chi connectivity index (χ1n) is 7.45. The molecular formula is C20H14N2O. The molecule has 0 spiro atoms. The van der Waals surface area contributed by atoms with E-state index in [1.165, 1.54) is 0 Å². The number of para-hydroxylation sites is 2. The minimum Gasteiger partial charge on any atom is -0.419 e. The molecule has 0 N–H and O–H groups in total. The minimum atomic E-state index is 0.569. The van der Waals surface area contributed by atoms with Gasteiger partial charge in [-0.1, -0.05) is 48.5 Å². The maximum Gasteiger partial charge on any atom is 0.231 e. The first kappa shape index (κ1) is 13.5. The highest BCUT2D eigenvalue weighted by atomic mass is 16.3. The minimum absolute atomic E-state index is 0.569. The average molecular weight is 298 g/mol. The molecule has 0 aliphatic carbocycles. The van der Waals surface area contributed by atoms with Gasteiger partial charge in [0.25, 0.3) is 0 Å². The van der Waals surface area contributed by atoms with E-state index in [1.54, 1.807) is 0 Å². The van der Waals surface area contributed by atoms with Crippen molar-refractivity contribution in [1.29, 1.82) is 0 Å². The summed E-state index contributed by atoms with van der Waals surface area (Å²) in [5.74, 6) is 0.569. The maximum atomic E-state index is 6.00. The van der Waals surface area contributed by atoms with Crippen LogP contribution < -0.4 is 5.55 Å². The van der Waals surface area contributed by atoms with Gasteiger partial charge < -0.3 is 4.42 Å². The maximum absolute atomic E-state index is 6.00. The molecule has 3 heteroatoms. The smallest absolute Gasteiger partial charge is 0.231 e. The van der Waals surface area contributed by atoms with Crippen molar-refractivity contribution < 1.29 is 4.42 Å². The summed E-state index contributed by atoms with van der Waals surface area (Å²) in [6, 6.07) is 27.5. The Balaban J connectivity index is 2.01. The monoisotopic (exact) mass is 298 g/mol. The van der Waals surface area contributed by atoms with Crippen LogP contribution in [0.15, 0.2) is 94.3 Å². The number of rotatable bonds is 2. The van der Waals surface area contributed by atoms with E-state index in [-0.39, 0.29) is 0 Å². The third-order valence-corrected chi connectivity index (χ3v) is 3.56. The van der Waals surface area contributed by atoms with Crippen LogP contribution in [0.1, 0.15) is 0 Å². The molecule has 0 unspecified atom stereocenters. The van der Waals surface area contributed by atoms with Gasteiger partial charge in [-0.15, -0.1) is 0 Å². The largest absolute Gasteiger partial charge is 0.419 e. The standard InChI is InChI=1S/C20H14N2O/c1-3-9-15(10-4-1)19-22-18-14-8-7-13-17(18)20(23-19)21-16-11-5-2-6-12-16/h1-14H. The van der Waals surface area contributed by atoms with Crippen molar-refractivity contribution in [2.45, 2.75) is 0 Å². The average Bonchev–Trinajstić information content (AvgIpc) is 2.63. The molecular weight excluding hydrogens is 284 g/mol. The van der Waals surface area contributed by atoms with Crippen molar-refractivity contribution in [2.75, 3.05) is 0 Å². The molecule has 110 valence electrons. The van der Waals surface area contributed by atoms with E-state index in [9.17, 15) is 0 Å². The molecule has 0 saturated carbocycles. The van der Waals surface area contributed by atoms with E-state index >= 15 is 0 Å². The van der Waals surface area contributed by atoms with Crippen molar-refractivity contribution in [2.24, 2.45) is 4.99 Å². The molecule has 0 radical (unpaired) electrons. The Morgan fingerprint density at radius 3 is 2.13 bits per heavy atom. The lowest BCUT2D eigenvalue weighted by Gasteiger charge is -2.03. The van der Waals surface area contributed by atoms with Crippen LogP contribution >= 0.6 is 0 Å². The van der Waals surface area contributed by atoms with Crippen LogP contribution in [0.2, 0.25) is 0 Å². The van der Waals surface area contributed by atoms with Crippen LogP contribution in [-0.2, 0) is 0 Å². The normalized spacial score (nSPS) is 11.7. The zero-order valence-electron chi connectivity index (χ0n) is 12.4. The van der Waals surface area contributed by atoms with Crippen molar-refractivity contribution in [3.05, 3.63) is 90.5 Å². The van der Waals surface area contributed by atoms with Crippen LogP contribution in [0.5, 0.6) is 0 Å². The second kappa shape index (κ2) is 5.89. The van der Waals surface area contributed by atoms with Gasteiger partial charge in [0.05, 0.1) is 16.6 Å². The molecule has 0 amide bonds. The molecule has 4 rings (SSSR count). The summed E-state index contributed by atoms with van der Waals surface area (Å²) in [5, 5.41) is 0.899. The van der Waals surface area contributed by atoms with Crippen molar-refractivity contribution in [1.82, 2.24) is 4.98 Å². The van der Waals surface area contributed by atoms with Crippen molar-refractivity contribution in [3.63, 3.8) is 0 Å². The first-order chi connectivity index (χ1) is 11.4. The van der Waals surface area contributed by atoms with E-state index in [0.717, 1.165) is 22.2 Å². The SMILES string of the molecule is c1ccc(N=c2oc(-c3ccccc3)nc3ccccc23)cc1. The second-order valence-electron chi connectivity index (χ2n) is 5.15. The molecule has 4 aromatic rings. The van der Waals surface area contributed by atoms with Crippen molar-refractivity contribution in [3.8, 4) is 11.5 Å². The zero-order chi connectivity index (χ0) is 15.5. The number of aromatic nitrogens is 1. The summed E-state index contributed by atoms with van der Waals surface area (Å²) >= 11 is 0. The number of benzene rings is 3. The van der Waals surface area contributed by atoms with Gasteiger partial charge in [0.1, 0.15) is 0 Å². The van der Waals surface area contributed by atoms with Crippen LogP contribution in [0, 0.1) is 0 Å². The Morgan fingerprint density at radius 1 is 0.696 bits per heavy atom. The van der Waals surface area contributed by atoms with Gasteiger partial charge in [0.15, 0.2) is 0 Å². The first-order valence-corrected chi connectivity index (χ1v) is 7.45. The van der Waals surface area contributed by atoms with Gasteiger partial charge in [0.2, 0.25) is 11.4 Å². The van der Waals surface area contributed by atoms with E-state index in [1.807, 2.05) is 84.9 Å². The van der Waals surface area contributed by atoms with Crippen LogP contribution in [0.25, 0.3) is 22.4 Å². The van der Waals surface area contributed by atoms with Crippen LogP contribution in [0.3, 0.4) is 0 Å². The van der Waals surface area contributed by atoms with Gasteiger partial charge in [0, 0.05) is 5.56 Å². The molecule has 1 aromatic heterocycles. The Morgan fingerprint density at radius 2 is 1.35 bits per heavy atom. The van der Waals surface area contributed by atoms with E-state index in [0.29, 0.717) is 11.4 Å². The fraction of sp³-hybridized carbons (Fsp3) is 0. The Labute approximate surface area is 133 Å². The van der Waals surface area contributed by atoms with Gasteiger partial charge in [-0.3, -0.25) is 0 Å². The Hall–Kier alpha value is -3.20. The molecule has 0 saturated heterocycles. The molecule has 3 nitrogen and oxygen atoms in total. The van der Waals surface area contributed by atoms with Crippen LogP contribution in [-0.4, -0.2) is 4.98 Å². The third-order valence-electron chi connectivity index (χ3n) is 3.56. The van der Waals surface area contributed by atoms with Crippen LogP contribution in [0.4, 0.5) is 5.69 Å². The second-order valence-corrected chi connectivity index (χ2v) is 5.15. The van der Waals surface area contributed by atoms with E-state index in [4.69, 9.17) is 4.42 Å². The Bertz CT molecular complexity index is 1010.